The SMILES string of the molecule is Cc1cc(C(=O)NC2C3CCOC3C2(C)C)c(C)n1C(C)c1ccccc1. The van der Waals surface area contributed by atoms with Crippen molar-refractivity contribution in [2.75, 3.05) is 6.61 Å². The smallest absolute Gasteiger partial charge is 0.253 e. The van der Waals surface area contributed by atoms with Crippen molar-refractivity contribution >= 4 is 5.91 Å². The third kappa shape index (κ3) is 2.82. The van der Waals surface area contributed by atoms with E-state index >= 15 is 0 Å². The number of nitrogens with zero attached hydrogens (tertiary/aromatic N) is 1. The molecular weight excluding hydrogens is 336 g/mol. The van der Waals surface area contributed by atoms with Crippen molar-refractivity contribution in [2.45, 2.75) is 59.2 Å². The molecule has 4 heteroatoms. The first-order chi connectivity index (χ1) is 12.8. The summed E-state index contributed by atoms with van der Waals surface area (Å²) in [5.74, 6) is 0.494. The fourth-order valence-electron chi connectivity index (χ4n) is 5.32. The number of amides is 1. The molecule has 0 bridgehead atoms. The fourth-order valence-corrected chi connectivity index (χ4v) is 5.32. The quantitative estimate of drug-likeness (QED) is 0.879. The number of hydrogen-bond acceptors (Lipinski definition) is 2. The van der Waals surface area contributed by atoms with Gasteiger partial charge in [-0.3, -0.25) is 4.79 Å². The Kier molecular flexibility index (Phi) is 4.42. The average Bonchev–Trinajstić information content (AvgIpc) is 3.23. The van der Waals surface area contributed by atoms with E-state index in [4.69, 9.17) is 4.74 Å². The lowest BCUT2D eigenvalue weighted by Crippen LogP contribution is -2.66. The van der Waals surface area contributed by atoms with Gasteiger partial charge in [0.25, 0.3) is 5.91 Å². The molecule has 4 atom stereocenters. The second kappa shape index (κ2) is 6.52. The van der Waals surface area contributed by atoms with Crippen LogP contribution in [0, 0.1) is 25.2 Å². The first-order valence-corrected chi connectivity index (χ1v) is 9.98. The Labute approximate surface area is 161 Å². The highest BCUT2D eigenvalue weighted by atomic mass is 16.5. The minimum Gasteiger partial charge on any atom is -0.377 e. The van der Waals surface area contributed by atoms with Crippen molar-refractivity contribution in [1.29, 1.82) is 0 Å². The van der Waals surface area contributed by atoms with Crippen LogP contribution in [0.2, 0.25) is 0 Å². The number of ether oxygens (including phenoxy) is 1. The van der Waals surface area contributed by atoms with E-state index in [1.807, 2.05) is 12.1 Å². The van der Waals surface area contributed by atoms with Gasteiger partial charge in [-0.25, -0.2) is 0 Å². The lowest BCUT2D eigenvalue weighted by atomic mass is 9.57. The standard InChI is InChI=1S/C23H30N2O2/c1-14-13-19(16(3)25(14)15(2)17-9-7-6-8-10-17)22(26)24-20-18-11-12-27-21(18)23(20,4)5/h6-10,13,15,18,20-21H,11-12H2,1-5H3,(H,24,26). The highest BCUT2D eigenvalue weighted by Crippen LogP contribution is 2.52. The van der Waals surface area contributed by atoms with Crippen LogP contribution in [0.15, 0.2) is 36.4 Å². The van der Waals surface area contributed by atoms with Crippen molar-refractivity contribution in [3.8, 4) is 0 Å². The van der Waals surface area contributed by atoms with Gasteiger partial charge in [0, 0.05) is 35.4 Å². The molecule has 4 nitrogen and oxygen atoms in total. The summed E-state index contributed by atoms with van der Waals surface area (Å²) in [6.45, 7) is 11.5. The molecule has 4 rings (SSSR count). The van der Waals surface area contributed by atoms with E-state index in [-0.39, 0.29) is 29.5 Å². The summed E-state index contributed by atoms with van der Waals surface area (Å²) in [7, 11) is 0. The molecule has 1 aliphatic heterocycles. The normalized spacial score (nSPS) is 26.9. The predicted molar refractivity (Wildman–Crippen MR) is 107 cm³/mol. The van der Waals surface area contributed by atoms with Gasteiger partial charge in [0.2, 0.25) is 0 Å². The summed E-state index contributed by atoms with van der Waals surface area (Å²) < 4.78 is 8.12. The molecule has 27 heavy (non-hydrogen) atoms. The second-order valence-electron chi connectivity index (χ2n) is 8.76. The molecule has 0 spiro atoms. The minimum atomic E-state index is -0.000325. The van der Waals surface area contributed by atoms with Crippen molar-refractivity contribution in [2.24, 2.45) is 11.3 Å². The zero-order chi connectivity index (χ0) is 19.3. The number of benzene rings is 1. The van der Waals surface area contributed by atoms with Gasteiger partial charge < -0.3 is 14.6 Å². The van der Waals surface area contributed by atoms with Crippen LogP contribution in [0.3, 0.4) is 0 Å². The molecule has 144 valence electrons. The van der Waals surface area contributed by atoms with Gasteiger partial charge in [-0.15, -0.1) is 0 Å². The molecule has 2 aliphatic rings. The second-order valence-corrected chi connectivity index (χ2v) is 8.76. The van der Waals surface area contributed by atoms with Gasteiger partial charge >= 0.3 is 0 Å². The third-order valence-electron chi connectivity index (χ3n) is 6.79. The molecule has 4 unspecified atom stereocenters. The van der Waals surface area contributed by atoms with Crippen molar-refractivity contribution < 1.29 is 9.53 Å². The Bertz CT molecular complexity index is 853. The van der Waals surface area contributed by atoms with Gasteiger partial charge in [0.15, 0.2) is 0 Å². The molecule has 0 radical (unpaired) electrons. The lowest BCUT2D eigenvalue weighted by Gasteiger charge is -2.54. The number of fused-ring (bicyclic) bond motifs is 1. The number of carbonyl (C=O) groups is 1. The molecule has 1 amide bonds. The number of aromatic nitrogens is 1. The Morgan fingerprint density at radius 1 is 1.26 bits per heavy atom. The topological polar surface area (TPSA) is 43.3 Å². The molecule has 1 saturated heterocycles. The van der Waals surface area contributed by atoms with E-state index in [0.717, 1.165) is 30.0 Å². The van der Waals surface area contributed by atoms with Crippen LogP contribution in [0.25, 0.3) is 0 Å². The Hall–Kier alpha value is -2.07. The Morgan fingerprint density at radius 2 is 1.96 bits per heavy atom. The largest absolute Gasteiger partial charge is 0.377 e. The van der Waals surface area contributed by atoms with E-state index in [1.165, 1.54) is 5.56 Å². The third-order valence-corrected chi connectivity index (χ3v) is 6.79. The van der Waals surface area contributed by atoms with Crippen molar-refractivity contribution in [3.05, 3.63) is 58.9 Å². The summed E-state index contributed by atoms with van der Waals surface area (Å²) in [5, 5.41) is 3.32. The van der Waals surface area contributed by atoms with Crippen molar-refractivity contribution in [1.82, 2.24) is 9.88 Å². The predicted octanol–water partition coefficient (Wildman–Crippen LogP) is 4.26. The molecule has 1 aliphatic carbocycles. The maximum absolute atomic E-state index is 13.1. The Morgan fingerprint density at radius 3 is 2.67 bits per heavy atom. The molecule has 2 fully saturated rings. The van der Waals surface area contributed by atoms with Gasteiger partial charge in [0.05, 0.1) is 17.7 Å². The molecule has 1 saturated carbocycles. The number of rotatable bonds is 4. The van der Waals surface area contributed by atoms with Gasteiger partial charge in [-0.05, 0) is 38.8 Å². The van der Waals surface area contributed by atoms with Crippen LogP contribution in [0.5, 0.6) is 0 Å². The van der Waals surface area contributed by atoms with Crippen LogP contribution in [0.4, 0.5) is 0 Å². The van der Waals surface area contributed by atoms with E-state index < -0.39 is 0 Å². The molecule has 1 N–H and O–H groups in total. The van der Waals surface area contributed by atoms with E-state index in [9.17, 15) is 4.79 Å². The van der Waals surface area contributed by atoms with E-state index in [0.29, 0.717) is 5.92 Å². The van der Waals surface area contributed by atoms with E-state index in [1.54, 1.807) is 0 Å². The molecule has 1 aromatic heterocycles. The zero-order valence-corrected chi connectivity index (χ0v) is 17.0. The van der Waals surface area contributed by atoms with Gasteiger partial charge in [-0.1, -0.05) is 44.2 Å². The summed E-state index contributed by atoms with van der Waals surface area (Å²) in [5.41, 5.74) is 4.17. The number of aryl methyl sites for hydroxylation is 1. The Balaban J connectivity index is 1.57. The van der Waals surface area contributed by atoms with Gasteiger partial charge in [0.1, 0.15) is 0 Å². The molecular formula is C23H30N2O2. The lowest BCUT2D eigenvalue weighted by molar-refractivity contribution is -0.108. The summed E-state index contributed by atoms with van der Waals surface area (Å²) in [6, 6.07) is 12.8. The maximum Gasteiger partial charge on any atom is 0.253 e. The highest BCUT2D eigenvalue weighted by Gasteiger charge is 2.59. The van der Waals surface area contributed by atoms with Crippen LogP contribution < -0.4 is 5.32 Å². The maximum atomic E-state index is 13.1. The minimum absolute atomic E-state index is 0.000325. The van der Waals surface area contributed by atoms with Gasteiger partial charge in [-0.2, -0.15) is 0 Å². The zero-order valence-electron chi connectivity index (χ0n) is 17.0. The van der Waals surface area contributed by atoms with Crippen LogP contribution in [-0.2, 0) is 4.74 Å². The summed E-state index contributed by atoms with van der Waals surface area (Å²) in [6.07, 6.45) is 1.33. The summed E-state index contributed by atoms with van der Waals surface area (Å²) >= 11 is 0. The van der Waals surface area contributed by atoms with Crippen LogP contribution in [0.1, 0.15) is 60.5 Å². The van der Waals surface area contributed by atoms with Crippen LogP contribution >= 0.6 is 0 Å². The monoisotopic (exact) mass is 366 g/mol. The summed E-state index contributed by atoms with van der Waals surface area (Å²) in [4.78, 5) is 13.1. The molecule has 1 aromatic carbocycles. The fraction of sp³-hybridized carbons (Fsp3) is 0.522. The first kappa shape index (κ1) is 18.3. The molecule has 2 heterocycles. The number of hydrogen-bond donors (Lipinski definition) is 1. The highest BCUT2D eigenvalue weighted by molar-refractivity contribution is 5.96. The first-order valence-electron chi connectivity index (χ1n) is 9.98. The van der Waals surface area contributed by atoms with E-state index in [2.05, 4.69) is 68.8 Å². The van der Waals surface area contributed by atoms with Crippen LogP contribution in [-0.4, -0.2) is 29.2 Å². The average molecular weight is 367 g/mol. The number of nitrogens with one attached hydrogen (secondary N) is 1. The number of carbonyl (C=O) groups excluding carboxylic acids is 1. The molecule has 2 aromatic rings. The van der Waals surface area contributed by atoms with Crippen molar-refractivity contribution in [3.63, 3.8) is 0 Å².